The predicted molar refractivity (Wildman–Crippen MR) is 65.6 cm³/mol. The number of hydrogen-bond acceptors (Lipinski definition) is 4. The normalized spacial score (nSPS) is 33.5. The molecule has 2 fully saturated rings. The molecule has 3 N–H and O–H groups in total. The number of piperazine rings is 1. The van der Waals surface area contributed by atoms with Crippen LogP contribution in [0.3, 0.4) is 0 Å². The van der Waals surface area contributed by atoms with Crippen LogP contribution in [0.15, 0.2) is 0 Å². The molecule has 2 unspecified atom stereocenters. The minimum atomic E-state index is -0.699. The standard InChI is InChI=1S/C12H23N3O2/c1-9-7-15(8-10(2)14-9)11(16)12(13)3-5-17-6-4-12/h9-10,14H,3-8,13H2,1-2H3. The van der Waals surface area contributed by atoms with Crippen LogP contribution in [0.5, 0.6) is 0 Å². The monoisotopic (exact) mass is 241 g/mol. The molecule has 5 nitrogen and oxygen atoms in total. The molecule has 2 saturated heterocycles. The SMILES string of the molecule is CC1CN(C(=O)C2(N)CCOCC2)CC(C)N1. The zero-order valence-electron chi connectivity index (χ0n) is 10.7. The number of nitrogens with two attached hydrogens (primary N) is 1. The van der Waals surface area contributed by atoms with Gasteiger partial charge in [0.15, 0.2) is 0 Å². The van der Waals surface area contributed by atoms with E-state index in [0.717, 1.165) is 13.1 Å². The second kappa shape index (κ2) is 4.92. The molecule has 2 heterocycles. The molecule has 17 heavy (non-hydrogen) atoms. The minimum Gasteiger partial charge on any atom is -0.381 e. The van der Waals surface area contributed by atoms with Gasteiger partial charge >= 0.3 is 0 Å². The van der Waals surface area contributed by atoms with Crippen molar-refractivity contribution < 1.29 is 9.53 Å². The molecule has 98 valence electrons. The first kappa shape index (κ1) is 12.8. The van der Waals surface area contributed by atoms with Crippen molar-refractivity contribution >= 4 is 5.91 Å². The summed E-state index contributed by atoms with van der Waals surface area (Å²) in [5.74, 6) is 0.0981. The summed E-state index contributed by atoms with van der Waals surface area (Å²) in [6, 6.07) is 0.678. The molecule has 5 heteroatoms. The summed E-state index contributed by atoms with van der Waals surface area (Å²) in [6.45, 7) is 6.90. The summed E-state index contributed by atoms with van der Waals surface area (Å²) in [4.78, 5) is 14.4. The molecule has 0 aromatic heterocycles. The Bertz CT molecular complexity index is 279. The van der Waals surface area contributed by atoms with Gasteiger partial charge in [-0.05, 0) is 26.7 Å². The third kappa shape index (κ3) is 2.78. The number of ether oxygens (including phenoxy) is 1. The maximum Gasteiger partial charge on any atom is 0.242 e. The van der Waals surface area contributed by atoms with Crippen molar-refractivity contribution in [3.63, 3.8) is 0 Å². The molecule has 0 saturated carbocycles. The average molecular weight is 241 g/mol. The van der Waals surface area contributed by atoms with Crippen LogP contribution in [0.1, 0.15) is 26.7 Å². The Morgan fingerprint density at radius 1 is 1.29 bits per heavy atom. The van der Waals surface area contributed by atoms with Crippen LogP contribution < -0.4 is 11.1 Å². The average Bonchev–Trinajstić information content (AvgIpc) is 2.27. The lowest BCUT2D eigenvalue weighted by molar-refractivity contribution is -0.142. The Kier molecular flexibility index (Phi) is 3.70. The number of rotatable bonds is 1. The van der Waals surface area contributed by atoms with Crippen molar-refractivity contribution in [1.29, 1.82) is 0 Å². The van der Waals surface area contributed by atoms with Crippen molar-refractivity contribution in [3.05, 3.63) is 0 Å². The Labute approximate surface area is 103 Å². The second-order valence-corrected chi connectivity index (χ2v) is 5.45. The molecule has 0 aromatic rings. The second-order valence-electron chi connectivity index (χ2n) is 5.45. The molecule has 2 rings (SSSR count). The number of hydrogen-bond donors (Lipinski definition) is 2. The third-order valence-electron chi connectivity index (χ3n) is 3.66. The number of amides is 1. The van der Waals surface area contributed by atoms with Gasteiger partial charge < -0.3 is 20.7 Å². The molecule has 0 radical (unpaired) electrons. The summed E-state index contributed by atoms with van der Waals surface area (Å²) in [6.07, 6.45) is 1.27. The largest absolute Gasteiger partial charge is 0.381 e. The van der Waals surface area contributed by atoms with E-state index >= 15 is 0 Å². The minimum absolute atomic E-state index is 0.0981. The molecule has 0 spiro atoms. The zero-order valence-corrected chi connectivity index (χ0v) is 10.7. The summed E-state index contributed by atoms with van der Waals surface area (Å²) in [7, 11) is 0. The van der Waals surface area contributed by atoms with E-state index in [1.165, 1.54) is 0 Å². The van der Waals surface area contributed by atoms with Crippen molar-refractivity contribution in [1.82, 2.24) is 10.2 Å². The van der Waals surface area contributed by atoms with E-state index in [4.69, 9.17) is 10.5 Å². The summed E-state index contributed by atoms with van der Waals surface area (Å²) >= 11 is 0. The molecule has 0 aliphatic carbocycles. The van der Waals surface area contributed by atoms with Gasteiger partial charge in [0, 0.05) is 38.4 Å². The first-order chi connectivity index (χ1) is 8.01. The van der Waals surface area contributed by atoms with Crippen LogP contribution in [0.25, 0.3) is 0 Å². The van der Waals surface area contributed by atoms with Gasteiger partial charge in [0.25, 0.3) is 0 Å². The first-order valence-corrected chi connectivity index (χ1v) is 6.43. The molecule has 2 aliphatic rings. The Morgan fingerprint density at radius 2 is 1.82 bits per heavy atom. The Balaban J connectivity index is 2.03. The topological polar surface area (TPSA) is 67.6 Å². The van der Waals surface area contributed by atoms with Gasteiger partial charge in [0.2, 0.25) is 5.91 Å². The van der Waals surface area contributed by atoms with Crippen LogP contribution in [0.4, 0.5) is 0 Å². The van der Waals surface area contributed by atoms with Gasteiger partial charge in [-0.15, -0.1) is 0 Å². The van der Waals surface area contributed by atoms with Gasteiger partial charge in [0.1, 0.15) is 0 Å². The number of carbonyl (C=O) groups excluding carboxylic acids is 1. The van der Waals surface area contributed by atoms with E-state index in [1.54, 1.807) is 0 Å². The van der Waals surface area contributed by atoms with Crippen molar-refractivity contribution in [2.24, 2.45) is 5.73 Å². The molecule has 2 atom stereocenters. The van der Waals surface area contributed by atoms with Crippen LogP contribution in [0, 0.1) is 0 Å². The summed E-state index contributed by atoms with van der Waals surface area (Å²) < 4.78 is 5.28. The van der Waals surface area contributed by atoms with Crippen LogP contribution >= 0.6 is 0 Å². The van der Waals surface area contributed by atoms with Crippen molar-refractivity contribution in [3.8, 4) is 0 Å². The summed E-state index contributed by atoms with van der Waals surface area (Å²) in [5, 5.41) is 3.42. The zero-order chi connectivity index (χ0) is 12.5. The Morgan fingerprint density at radius 3 is 2.35 bits per heavy atom. The van der Waals surface area contributed by atoms with E-state index in [9.17, 15) is 4.79 Å². The third-order valence-corrected chi connectivity index (χ3v) is 3.66. The molecular weight excluding hydrogens is 218 g/mol. The van der Waals surface area contributed by atoms with Gasteiger partial charge in [-0.25, -0.2) is 0 Å². The van der Waals surface area contributed by atoms with Crippen LogP contribution in [-0.4, -0.2) is 54.7 Å². The summed E-state index contributed by atoms with van der Waals surface area (Å²) in [5.41, 5.74) is 5.53. The highest BCUT2D eigenvalue weighted by Gasteiger charge is 2.40. The fraction of sp³-hybridized carbons (Fsp3) is 0.917. The fourth-order valence-corrected chi connectivity index (χ4v) is 2.76. The highest BCUT2D eigenvalue weighted by atomic mass is 16.5. The maximum atomic E-state index is 12.5. The molecular formula is C12H23N3O2. The van der Waals surface area contributed by atoms with Gasteiger partial charge in [-0.2, -0.15) is 0 Å². The number of carbonyl (C=O) groups is 1. The van der Waals surface area contributed by atoms with Gasteiger partial charge in [-0.3, -0.25) is 4.79 Å². The quantitative estimate of drug-likeness (QED) is 0.661. The van der Waals surface area contributed by atoms with E-state index in [2.05, 4.69) is 19.2 Å². The lowest BCUT2D eigenvalue weighted by Gasteiger charge is -2.42. The smallest absolute Gasteiger partial charge is 0.242 e. The first-order valence-electron chi connectivity index (χ1n) is 6.43. The maximum absolute atomic E-state index is 12.5. The highest BCUT2D eigenvalue weighted by molar-refractivity contribution is 5.86. The van der Waals surface area contributed by atoms with Gasteiger partial charge in [-0.1, -0.05) is 0 Å². The van der Waals surface area contributed by atoms with Crippen LogP contribution in [0.2, 0.25) is 0 Å². The number of nitrogens with one attached hydrogen (secondary N) is 1. The lowest BCUT2D eigenvalue weighted by atomic mass is 9.89. The fourth-order valence-electron chi connectivity index (χ4n) is 2.76. The van der Waals surface area contributed by atoms with E-state index in [-0.39, 0.29) is 5.91 Å². The molecule has 0 aromatic carbocycles. The lowest BCUT2D eigenvalue weighted by Crippen LogP contribution is -2.64. The molecule has 1 amide bonds. The van der Waals surface area contributed by atoms with Crippen molar-refractivity contribution in [2.75, 3.05) is 26.3 Å². The van der Waals surface area contributed by atoms with Crippen molar-refractivity contribution in [2.45, 2.75) is 44.3 Å². The van der Waals surface area contributed by atoms with E-state index < -0.39 is 5.54 Å². The van der Waals surface area contributed by atoms with E-state index in [0.29, 0.717) is 38.1 Å². The van der Waals surface area contributed by atoms with E-state index in [1.807, 2.05) is 4.90 Å². The number of nitrogens with zero attached hydrogens (tertiary/aromatic N) is 1. The molecule has 0 bridgehead atoms. The molecule has 2 aliphatic heterocycles. The van der Waals surface area contributed by atoms with Crippen LogP contribution in [-0.2, 0) is 9.53 Å². The van der Waals surface area contributed by atoms with Gasteiger partial charge in [0.05, 0.1) is 5.54 Å². The Hall–Kier alpha value is -0.650. The highest BCUT2D eigenvalue weighted by Crippen LogP contribution is 2.21. The predicted octanol–water partition coefficient (Wildman–Crippen LogP) is -0.297.